The molecule has 2 aromatic heterocycles. The molecule has 4 rings (SSSR count). The van der Waals surface area contributed by atoms with Crippen LogP contribution in [-0.2, 0) is 13.2 Å². The molecule has 6 heteroatoms. The van der Waals surface area contributed by atoms with Crippen LogP contribution in [0.3, 0.4) is 0 Å². The highest BCUT2D eigenvalue weighted by Gasteiger charge is 2.15. The van der Waals surface area contributed by atoms with Gasteiger partial charge in [0.1, 0.15) is 30.5 Å². The van der Waals surface area contributed by atoms with E-state index in [4.69, 9.17) is 19.2 Å². The largest absolute Gasteiger partial charge is 0.492 e. The summed E-state index contributed by atoms with van der Waals surface area (Å²) in [5, 5.41) is 10.8. The number of benzene rings is 2. The Morgan fingerprint density at radius 2 is 1.56 bits per heavy atom. The zero-order valence-corrected chi connectivity index (χ0v) is 19.8. The second-order valence-electron chi connectivity index (χ2n) is 8.86. The van der Waals surface area contributed by atoms with E-state index in [1.54, 1.807) is 32.3 Å². The van der Waals surface area contributed by atoms with Crippen LogP contribution in [0.15, 0.2) is 73.1 Å². The van der Waals surface area contributed by atoms with Gasteiger partial charge in [0.05, 0.1) is 35.8 Å². The van der Waals surface area contributed by atoms with Crippen LogP contribution in [0, 0.1) is 6.92 Å². The number of hydrogen-bond acceptors (Lipinski definition) is 6. The molecule has 0 unspecified atom stereocenters. The summed E-state index contributed by atoms with van der Waals surface area (Å²) in [5.74, 6) is 1.99. The fraction of sp³-hybridized carbons (Fsp3) is 0.286. The summed E-state index contributed by atoms with van der Waals surface area (Å²) in [5.41, 5.74) is 2.93. The van der Waals surface area contributed by atoms with Crippen molar-refractivity contribution >= 4 is 10.9 Å². The lowest BCUT2D eigenvalue weighted by atomic mass is 10.1. The van der Waals surface area contributed by atoms with Gasteiger partial charge >= 0.3 is 0 Å². The van der Waals surface area contributed by atoms with Gasteiger partial charge in [-0.25, -0.2) is 4.98 Å². The summed E-state index contributed by atoms with van der Waals surface area (Å²) >= 11 is 0. The van der Waals surface area contributed by atoms with Gasteiger partial charge in [0.15, 0.2) is 0 Å². The number of fused-ring (bicyclic) bond motifs is 1. The Hall–Kier alpha value is -3.64. The molecule has 34 heavy (non-hydrogen) atoms. The number of pyridine rings is 2. The number of para-hydroxylation sites is 1. The smallest absolute Gasteiger partial charge is 0.141 e. The molecule has 0 aliphatic carbocycles. The molecule has 0 saturated heterocycles. The van der Waals surface area contributed by atoms with E-state index in [-0.39, 0.29) is 6.61 Å². The van der Waals surface area contributed by atoms with E-state index in [1.807, 2.05) is 61.5 Å². The molecule has 0 amide bonds. The van der Waals surface area contributed by atoms with E-state index in [1.165, 1.54) is 0 Å². The number of ether oxygens (including phenoxy) is 3. The molecular formula is C28H30N2O4. The maximum absolute atomic E-state index is 9.85. The molecule has 0 radical (unpaired) electrons. The van der Waals surface area contributed by atoms with E-state index in [9.17, 15) is 5.11 Å². The predicted molar refractivity (Wildman–Crippen MR) is 132 cm³/mol. The number of hydrogen-bond donors (Lipinski definition) is 1. The summed E-state index contributed by atoms with van der Waals surface area (Å²) in [6, 6.07) is 19.9. The molecule has 4 aromatic rings. The fourth-order valence-corrected chi connectivity index (χ4v) is 3.51. The van der Waals surface area contributed by atoms with Crippen molar-refractivity contribution in [1.29, 1.82) is 0 Å². The van der Waals surface area contributed by atoms with Gasteiger partial charge in [0.25, 0.3) is 0 Å². The molecule has 0 bridgehead atoms. The fourth-order valence-electron chi connectivity index (χ4n) is 3.51. The summed E-state index contributed by atoms with van der Waals surface area (Å²) in [4.78, 5) is 9.03. The van der Waals surface area contributed by atoms with Crippen LogP contribution in [-0.4, -0.2) is 27.3 Å². The van der Waals surface area contributed by atoms with Crippen molar-refractivity contribution in [2.45, 2.75) is 46.0 Å². The van der Waals surface area contributed by atoms with Gasteiger partial charge < -0.3 is 19.3 Å². The molecular weight excluding hydrogens is 428 g/mol. The number of aromatic nitrogens is 2. The summed E-state index contributed by atoms with van der Waals surface area (Å²) < 4.78 is 18.0. The summed E-state index contributed by atoms with van der Waals surface area (Å²) in [6.45, 7) is 6.65. The molecule has 0 aliphatic rings. The standard InChI is InChI=1S/C28H30N2O4/c1-20-26(19-33-23-15-22(16-29-17-23)32-14-13-28(2,3)31)30-25-12-8-7-11-24(25)27(20)34-18-21-9-5-4-6-10-21/h4-12,15-17,31H,13-14,18-19H2,1-3H3. The normalized spacial score (nSPS) is 11.4. The average Bonchev–Trinajstić information content (AvgIpc) is 2.82. The lowest BCUT2D eigenvalue weighted by Crippen LogP contribution is -2.21. The van der Waals surface area contributed by atoms with Crippen molar-refractivity contribution in [1.82, 2.24) is 9.97 Å². The van der Waals surface area contributed by atoms with E-state index in [0.717, 1.165) is 33.5 Å². The number of rotatable bonds is 10. The maximum Gasteiger partial charge on any atom is 0.141 e. The Morgan fingerprint density at radius 3 is 2.32 bits per heavy atom. The van der Waals surface area contributed by atoms with Crippen molar-refractivity contribution in [2.75, 3.05) is 6.61 Å². The minimum atomic E-state index is -0.777. The van der Waals surface area contributed by atoms with E-state index in [2.05, 4.69) is 4.98 Å². The zero-order chi connectivity index (χ0) is 24.0. The first kappa shape index (κ1) is 23.5. The molecule has 176 valence electrons. The highest BCUT2D eigenvalue weighted by molar-refractivity contribution is 5.86. The Balaban J connectivity index is 1.50. The number of aliphatic hydroxyl groups is 1. The van der Waals surface area contributed by atoms with Gasteiger partial charge in [0.2, 0.25) is 0 Å². The Bertz CT molecular complexity index is 1240. The quantitative estimate of drug-likeness (QED) is 0.332. The Kier molecular flexibility index (Phi) is 7.28. The van der Waals surface area contributed by atoms with E-state index >= 15 is 0 Å². The molecule has 2 heterocycles. The van der Waals surface area contributed by atoms with Crippen LogP contribution in [0.2, 0.25) is 0 Å². The minimum absolute atomic E-state index is 0.271. The Labute approximate surface area is 200 Å². The van der Waals surface area contributed by atoms with Crippen molar-refractivity contribution < 1.29 is 19.3 Å². The molecule has 2 aromatic carbocycles. The molecule has 1 N–H and O–H groups in total. The molecule has 0 fully saturated rings. The van der Waals surface area contributed by atoms with Crippen LogP contribution in [0.1, 0.15) is 37.1 Å². The third kappa shape index (κ3) is 6.23. The molecule has 6 nitrogen and oxygen atoms in total. The third-order valence-electron chi connectivity index (χ3n) is 5.45. The minimum Gasteiger partial charge on any atom is -0.492 e. The SMILES string of the molecule is Cc1c(COc2cncc(OCCC(C)(C)O)c2)nc2ccccc2c1OCc1ccccc1. The van der Waals surface area contributed by atoms with Gasteiger partial charge in [-0.15, -0.1) is 0 Å². The second kappa shape index (κ2) is 10.5. The maximum atomic E-state index is 9.85. The second-order valence-corrected chi connectivity index (χ2v) is 8.86. The van der Waals surface area contributed by atoms with E-state index < -0.39 is 5.60 Å². The molecule has 0 aliphatic heterocycles. The lowest BCUT2D eigenvalue weighted by Gasteiger charge is -2.17. The van der Waals surface area contributed by atoms with E-state index in [0.29, 0.717) is 31.1 Å². The van der Waals surface area contributed by atoms with Gasteiger partial charge in [-0.05, 0) is 38.5 Å². The molecule has 0 saturated carbocycles. The monoisotopic (exact) mass is 458 g/mol. The number of nitrogens with zero attached hydrogens (tertiary/aromatic N) is 2. The average molecular weight is 459 g/mol. The highest BCUT2D eigenvalue weighted by Crippen LogP contribution is 2.32. The van der Waals surface area contributed by atoms with Crippen LogP contribution in [0.4, 0.5) is 0 Å². The van der Waals surface area contributed by atoms with Crippen molar-refractivity contribution in [2.24, 2.45) is 0 Å². The van der Waals surface area contributed by atoms with Crippen LogP contribution < -0.4 is 14.2 Å². The first-order valence-corrected chi connectivity index (χ1v) is 11.4. The van der Waals surface area contributed by atoms with Crippen LogP contribution in [0.5, 0.6) is 17.2 Å². The highest BCUT2D eigenvalue weighted by atomic mass is 16.5. The van der Waals surface area contributed by atoms with Crippen molar-refractivity contribution in [3.63, 3.8) is 0 Å². The third-order valence-corrected chi connectivity index (χ3v) is 5.45. The Morgan fingerprint density at radius 1 is 0.853 bits per heavy atom. The first-order valence-electron chi connectivity index (χ1n) is 11.4. The van der Waals surface area contributed by atoms with Gasteiger partial charge in [-0.2, -0.15) is 0 Å². The zero-order valence-electron chi connectivity index (χ0n) is 19.8. The van der Waals surface area contributed by atoms with Crippen LogP contribution >= 0.6 is 0 Å². The van der Waals surface area contributed by atoms with Crippen molar-refractivity contribution in [3.8, 4) is 17.2 Å². The predicted octanol–water partition coefficient (Wildman–Crippen LogP) is 5.64. The molecule has 0 spiro atoms. The first-order chi connectivity index (χ1) is 16.4. The van der Waals surface area contributed by atoms with Crippen molar-refractivity contribution in [3.05, 3.63) is 89.9 Å². The topological polar surface area (TPSA) is 73.7 Å². The van der Waals surface area contributed by atoms with Gasteiger partial charge in [-0.1, -0.05) is 42.5 Å². The lowest BCUT2D eigenvalue weighted by molar-refractivity contribution is 0.0552. The van der Waals surface area contributed by atoms with Gasteiger partial charge in [0, 0.05) is 23.4 Å². The van der Waals surface area contributed by atoms with Crippen LogP contribution in [0.25, 0.3) is 10.9 Å². The molecule has 0 atom stereocenters. The summed E-state index contributed by atoms with van der Waals surface area (Å²) in [7, 11) is 0. The summed E-state index contributed by atoms with van der Waals surface area (Å²) in [6.07, 6.45) is 3.79. The van der Waals surface area contributed by atoms with Gasteiger partial charge in [-0.3, -0.25) is 4.98 Å².